The molecular weight excluding hydrogens is 343 g/mol. The predicted molar refractivity (Wildman–Crippen MR) is 95.1 cm³/mol. The number of carbonyl (C=O) groups is 1. The highest BCUT2D eigenvalue weighted by Gasteiger charge is 2.21. The van der Waals surface area contributed by atoms with Gasteiger partial charge < -0.3 is 5.32 Å². The van der Waals surface area contributed by atoms with Crippen molar-refractivity contribution >= 4 is 15.9 Å². The normalized spacial score (nSPS) is 16.6. The second-order valence-corrected chi connectivity index (χ2v) is 8.68. The SMILES string of the molecule is CN(CCCC(=O)NC1CCCCCC1)S(=O)(=O)c1ccc(F)cc1. The Hall–Kier alpha value is -1.47. The largest absolute Gasteiger partial charge is 0.353 e. The highest BCUT2D eigenvalue weighted by atomic mass is 32.2. The standard InChI is InChI=1S/C18H27FN2O3S/c1-21(25(23,24)17-12-10-15(19)11-13-17)14-6-9-18(22)20-16-7-4-2-3-5-8-16/h10-13,16H,2-9,14H2,1H3,(H,20,22). The Bertz CT molecular complexity index is 653. The van der Waals surface area contributed by atoms with Crippen LogP contribution in [0.15, 0.2) is 29.2 Å². The van der Waals surface area contributed by atoms with Crippen molar-refractivity contribution in [3.8, 4) is 0 Å². The minimum absolute atomic E-state index is 0.0144. The molecule has 0 aliphatic heterocycles. The summed E-state index contributed by atoms with van der Waals surface area (Å²) in [6.07, 6.45) is 7.61. The molecule has 1 aromatic rings. The first-order valence-electron chi connectivity index (χ1n) is 8.91. The number of halogens is 1. The van der Waals surface area contributed by atoms with Crippen LogP contribution in [-0.4, -0.2) is 38.3 Å². The highest BCUT2D eigenvalue weighted by Crippen LogP contribution is 2.18. The molecule has 0 saturated heterocycles. The fourth-order valence-electron chi connectivity index (χ4n) is 3.09. The summed E-state index contributed by atoms with van der Waals surface area (Å²) in [4.78, 5) is 12.1. The quantitative estimate of drug-likeness (QED) is 0.750. The van der Waals surface area contributed by atoms with Crippen LogP contribution in [0.5, 0.6) is 0 Å². The zero-order valence-corrected chi connectivity index (χ0v) is 15.5. The number of nitrogens with zero attached hydrogens (tertiary/aromatic N) is 1. The van der Waals surface area contributed by atoms with Gasteiger partial charge in [-0.2, -0.15) is 0 Å². The molecule has 25 heavy (non-hydrogen) atoms. The molecule has 0 bridgehead atoms. The average Bonchev–Trinajstić information content (AvgIpc) is 2.83. The summed E-state index contributed by atoms with van der Waals surface area (Å²) in [5, 5.41) is 3.06. The number of sulfonamides is 1. The molecule has 1 aromatic carbocycles. The first kappa shape index (κ1) is 19.8. The highest BCUT2D eigenvalue weighted by molar-refractivity contribution is 7.89. The van der Waals surface area contributed by atoms with Crippen molar-refractivity contribution in [2.24, 2.45) is 0 Å². The molecule has 0 unspecified atom stereocenters. The molecule has 1 amide bonds. The van der Waals surface area contributed by atoms with Gasteiger partial charge in [-0.1, -0.05) is 25.7 Å². The Morgan fingerprint density at radius 2 is 1.76 bits per heavy atom. The van der Waals surface area contributed by atoms with Crippen LogP contribution in [0.25, 0.3) is 0 Å². The summed E-state index contributed by atoms with van der Waals surface area (Å²) in [7, 11) is -2.18. The molecule has 2 rings (SSSR count). The number of amides is 1. The molecule has 1 aliphatic rings. The maximum Gasteiger partial charge on any atom is 0.242 e. The van der Waals surface area contributed by atoms with E-state index in [0.717, 1.165) is 37.8 Å². The van der Waals surface area contributed by atoms with Crippen LogP contribution in [0.2, 0.25) is 0 Å². The van der Waals surface area contributed by atoms with Gasteiger partial charge >= 0.3 is 0 Å². The van der Waals surface area contributed by atoms with Gasteiger partial charge in [0.2, 0.25) is 15.9 Å². The van der Waals surface area contributed by atoms with Crippen LogP contribution < -0.4 is 5.32 Å². The van der Waals surface area contributed by atoms with Crippen molar-refractivity contribution in [3.63, 3.8) is 0 Å². The third-order valence-corrected chi connectivity index (χ3v) is 6.49. The monoisotopic (exact) mass is 370 g/mol. The van der Waals surface area contributed by atoms with Gasteiger partial charge in [-0.3, -0.25) is 4.79 Å². The summed E-state index contributed by atoms with van der Waals surface area (Å²) in [5.74, 6) is -0.490. The molecule has 5 nitrogen and oxygen atoms in total. The van der Waals surface area contributed by atoms with Crippen molar-refractivity contribution < 1.29 is 17.6 Å². The van der Waals surface area contributed by atoms with Crippen molar-refractivity contribution in [1.82, 2.24) is 9.62 Å². The fraction of sp³-hybridized carbons (Fsp3) is 0.611. The van der Waals surface area contributed by atoms with Crippen LogP contribution >= 0.6 is 0 Å². The van der Waals surface area contributed by atoms with Crippen molar-refractivity contribution in [2.75, 3.05) is 13.6 Å². The van der Waals surface area contributed by atoms with E-state index in [0.29, 0.717) is 12.8 Å². The van der Waals surface area contributed by atoms with Gasteiger partial charge in [0.15, 0.2) is 0 Å². The smallest absolute Gasteiger partial charge is 0.242 e. The summed E-state index contributed by atoms with van der Waals surface area (Å²) in [6, 6.07) is 5.01. The molecule has 140 valence electrons. The van der Waals surface area contributed by atoms with Crippen LogP contribution in [0.4, 0.5) is 4.39 Å². The minimum Gasteiger partial charge on any atom is -0.353 e. The van der Waals surface area contributed by atoms with Gasteiger partial charge in [0, 0.05) is 26.1 Å². The lowest BCUT2D eigenvalue weighted by molar-refractivity contribution is -0.122. The average molecular weight is 370 g/mol. The van der Waals surface area contributed by atoms with Crippen molar-refractivity contribution in [3.05, 3.63) is 30.1 Å². The molecule has 0 spiro atoms. The summed E-state index contributed by atoms with van der Waals surface area (Å²) >= 11 is 0. The zero-order valence-electron chi connectivity index (χ0n) is 14.7. The third-order valence-electron chi connectivity index (χ3n) is 4.62. The molecule has 0 heterocycles. The topological polar surface area (TPSA) is 66.5 Å². The molecule has 1 fully saturated rings. The van der Waals surface area contributed by atoms with Gasteiger partial charge in [0.25, 0.3) is 0 Å². The van der Waals surface area contributed by atoms with E-state index in [1.54, 1.807) is 0 Å². The van der Waals surface area contributed by atoms with E-state index in [9.17, 15) is 17.6 Å². The lowest BCUT2D eigenvalue weighted by atomic mass is 10.1. The predicted octanol–water partition coefficient (Wildman–Crippen LogP) is 3.07. The Kier molecular flexibility index (Phi) is 7.38. The molecule has 0 radical (unpaired) electrons. The van der Waals surface area contributed by atoms with Crippen LogP contribution in [0.1, 0.15) is 51.4 Å². The van der Waals surface area contributed by atoms with E-state index in [2.05, 4.69) is 5.32 Å². The van der Waals surface area contributed by atoms with Gasteiger partial charge in [-0.25, -0.2) is 17.1 Å². The summed E-state index contributed by atoms with van der Waals surface area (Å²) in [5.41, 5.74) is 0. The van der Waals surface area contributed by atoms with Crippen LogP contribution in [-0.2, 0) is 14.8 Å². The number of benzene rings is 1. The van der Waals surface area contributed by atoms with E-state index >= 15 is 0 Å². The van der Waals surface area contributed by atoms with Crippen LogP contribution in [0.3, 0.4) is 0 Å². The summed E-state index contributed by atoms with van der Waals surface area (Å²) < 4.78 is 38.9. The Labute approximate surface area is 149 Å². The zero-order chi connectivity index (χ0) is 18.3. The Balaban J connectivity index is 1.78. The molecule has 1 N–H and O–H groups in total. The maximum atomic E-state index is 12.9. The number of carbonyl (C=O) groups excluding carboxylic acids is 1. The lowest BCUT2D eigenvalue weighted by Crippen LogP contribution is -2.35. The Morgan fingerprint density at radius 1 is 1.16 bits per heavy atom. The molecule has 0 aromatic heterocycles. The van der Waals surface area contributed by atoms with Crippen LogP contribution in [0, 0.1) is 5.82 Å². The van der Waals surface area contributed by atoms with Gasteiger partial charge in [0.05, 0.1) is 4.90 Å². The van der Waals surface area contributed by atoms with Gasteiger partial charge in [-0.15, -0.1) is 0 Å². The lowest BCUT2D eigenvalue weighted by Gasteiger charge is -2.18. The van der Waals surface area contributed by atoms with Crippen molar-refractivity contribution in [2.45, 2.75) is 62.3 Å². The molecular formula is C18H27FN2O3S. The fourth-order valence-corrected chi connectivity index (χ4v) is 4.30. The van der Waals surface area contributed by atoms with Crippen molar-refractivity contribution in [1.29, 1.82) is 0 Å². The molecule has 0 atom stereocenters. The minimum atomic E-state index is -3.65. The molecule has 1 saturated carbocycles. The number of nitrogens with one attached hydrogen (secondary N) is 1. The maximum absolute atomic E-state index is 12.9. The number of hydrogen-bond donors (Lipinski definition) is 1. The van der Waals surface area contributed by atoms with E-state index < -0.39 is 15.8 Å². The van der Waals surface area contributed by atoms with Gasteiger partial charge in [-0.05, 0) is 43.5 Å². The molecule has 7 heteroatoms. The van der Waals surface area contributed by atoms with E-state index in [1.165, 1.54) is 36.3 Å². The van der Waals surface area contributed by atoms with E-state index in [4.69, 9.17) is 0 Å². The summed E-state index contributed by atoms with van der Waals surface area (Å²) in [6.45, 7) is 0.248. The first-order valence-corrected chi connectivity index (χ1v) is 10.3. The second kappa shape index (κ2) is 9.29. The molecule has 1 aliphatic carbocycles. The Morgan fingerprint density at radius 3 is 2.36 bits per heavy atom. The number of rotatable bonds is 7. The second-order valence-electron chi connectivity index (χ2n) is 6.64. The van der Waals surface area contributed by atoms with E-state index in [1.807, 2.05) is 0 Å². The number of hydrogen-bond acceptors (Lipinski definition) is 3. The van der Waals surface area contributed by atoms with Gasteiger partial charge in [0.1, 0.15) is 5.82 Å². The first-order chi connectivity index (χ1) is 11.9. The third kappa shape index (κ3) is 6.08. The van der Waals surface area contributed by atoms with E-state index in [-0.39, 0.29) is 23.4 Å².